The van der Waals surface area contributed by atoms with Crippen molar-refractivity contribution in [2.24, 2.45) is 0 Å². The molecule has 0 radical (unpaired) electrons. The van der Waals surface area contributed by atoms with Gasteiger partial charge in [0.15, 0.2) is 0 Å². The van der Waals surface area contributed by atoms with Gasteiger partial charge in [-0.05, 0) is 47.5 Å². The molecule has 2 heterocycles. The predicted molar refractivity (Wildman–Crippen MR) is 91.7 cm³/mol. The van der Waals surface area contributed by atoms with E-state index in [2.05, 4.69) is 21.8 Å². The number of nitrogens with zero attached hydrogens (tertiary/aromatic N) is 2. The van der Waals surface area contributed by atoms with Crippen LogP contribution in [-0.4, -0.2) is 15.5 Å². The van der Waals surface area contributed by atoms with Gasteiger partial charge in [-0.15, -0.1) is 16.4 Å². The van der Waals surface area contributed by atoms with E-state index < -0.39 is 0 Å². The monoisotopic (exact) mass is 329 g/mol. The summed E-state index contributed by atoms with van der Waals surface area (Å²) < 4.78 is 3.94. The number of carbonyl (C=O) groups excluding carboxylic acids is 1. The Hall–Kier alpha value is -2.05. The Kier molecular flexibility index (Phi) is 4.31. The van der Waals surface area contributed by atoms with Crippen LogP contribution in [0.1, 0.15) is 27.7 Å². The Morgan fingerprint density at radius 1 is 1.27 bits per heavy atom. The van der Waals surface area contributed by atoms with Gasteiger partial charge < -0.3 is 5.32 Å². The standard InChI is InChI=1S/C16H15N3OS2/c1-3-11-7-4-6-10(2)13(11)17-16(20)15-14(18-19-22-15)12-8-5-9-21-12/h4-9H,3H2,1-2H3,(H,17,20). The van der Waals surface area contributed by atoms with Crippen molar-refractivity contribution in [1.82, 2.24) is 9.59 Å². The summed E-state index contributed by atoms with van der Waals surface area (Å²) >= 11 is 2.68. The molecule has 1 amide bonds. The first kappa shape index (κ1) is 14.9. The van der Waals surface area contributed by atoms with Crippen LogP contribution in [0.3, 0.4) is 0 Å². The van der Waals surface area contributed by atoms with Gasteiger partial charge in [0.25, 0.3) is 5.91 Å². The minimum absolute atomic E-state index is 0.151. The van der Waals surface area contributed by atoms with Crippen molar-refractivity contribution < 1.29 is 4.79 Å². The number of carbonyl (C=O) groups is 1. The average Bonchev–Trinajstić information content (AvgIpc) is 3.19. The van der Waals surface area contributed by atoms with Crippen molar-refractivity contribution in [2.45, 2.75) is 20.3 Å². The van der Waals surface area contributed by atoms with Gasteiger partial charge in [0.2, 0.25) is 0 Å². The maximum atomic E-state index is 12.6. The van der Waals surface area contributed by atoms with Crippen LogP contribution in [0, 0.1) is 6.92 Å². The second-order valence-electron chi connectivity index (χ2n) is 4.84. The Bertz CT molecular complexity index is 794. The van der Waals surface area contributed by atoms with E-state index in [0.29, 0.717) is 10.6 Å². The third kappa shape index (κ3) is 2.80. The maximum absolute atomic E-state index is 12.6. The number of para-hydroxylation sites is 1. The smallest absolute Gasteiger partial charge is 0.269 e. The SMILES string of the molecule is CCc1cccc(C)c1NC(=O)c1snnc1-c1cccs1. The van der Waals surface area contributed by atoms with E-state index in [4.69, 9.17) is 0 Å². The van der Waals surface area contributed by atoms with Gasteiger partial charge in [-0.1, -0.05) is 35.7 Å². The number of thiophene rings is 1. The largest absolute Gasteiger partial charge is 0.321 e. The van der Waals surface area contributed by atoms with Crippen LogP contribution in [-0.2, 0) is 6.42 Å². The average molecular weight is 329 g/mol. The van der Waals surface area contributed by atoms with Crippen molar-refractivity contribution in [1.29, 1.82) is 0 Å². The van der Waals surface area contributed by atoms with Crippen LogP contribution in [0.25, 0.3) is 10.6 Å². The summed E-state index contributed by atoms with van der Waals surface area (Å²) in [5.74, 6) is -0.151. The zero-order chi connectivity index (χ0) is 15.5. The van der Waals surface area contributed by atoms with E-state index in [0.717, 1.165) is 39.6 Å². The number of amides is 1. The molecule has 0 aliphatic carbocycles. The maximum Gasteiger partial charge on any atom is 0.269 e. The number of aryl methyl sites for hydroxylation is 2. The molecule has 112 valence electrons. The third-order valence-electron chi connectivity index (χ3n) is 3.43. The molecule has 0 bridgehead atoms. The Morgan fingerprint density at radius 3 is 2.86 bits per heavy atom. The summed E-state index contributed by atoms with van der Waals surface area (Å²) in [4.78, 5) is 14.1. The molecule has 2 aromatic heterocycles. The Labute approximate surface area is 137 Å². The number of nitrogens with one attached hydrogen (secondary N) is 1. The van der Waals surface area contributed by atoms with E-state index in [1.54, 1.807) is 11.3 Å². The molecule has 6 heteroatoms. The summed E-state index contributed by atoms with van der Waals surface area (Å²) in [7, 11) is 0. The van der Waals surface area contributed by atoms with Crippen LogP contribution < -0.4 is 5.32 Å². The lowest BCUT2D eigenvalue weighted by atomic mass is 10.1. The molecule has 0 saturated carbocycles. The van der Waals surface area contributed by atoms with Crippen LogP contribution in [0.15, 0.2) is 35.7 Å². The van der Waals surface area contributed by atoms with Crippen LogP contribution in [0.2, 0.25) is 0 Å². The molecule has 22 heavy (non-hydrogen) atoms. The van der Waals surface area contributed by atoms with Crippen molar-refractivity contribution in [3.63, 3.8) is 0 Å². The second-order valence-corrected chi connectivity index (χ2v) is 6.55. The molecule has 0 unspecified atom stereocenters. The molecule has 1 aromatic carbocycles. The first-order valence-electron chi connectivity index (χ1n) is 6.96. The lowest BCUT2D eigenvalue weighted by Crippen LogP contribution is -2.14. The molecule has 0 aliphatic rings. The topological polar surface area (TPSA) is 54.9 Å². The van der Waals surface area contributed by atoms with Crippen LogP contribution in [0.4, 0.5) is 5.69 Å². The first-order chi connectivity index (χ1) is 10.7. The normalized spacial score (nSPS) is 10.6. The summed E-state index contributed by atoms with van der Waals surface area (Å²) in [6.45, 7) is 4.08. The molecule has 0 spiro atoms. The molecule has 0 atom stereocenters. The minimum atomic E-state index is -0.151. The number of benzene rings is 1. The molecule has 0 fully saturated rings. The number of hydrogen-bond acceptors (Lipinski definition) is 5. The fourth-order valence-electron chi connectivity index (χ4n) is 2.29. The van der Waals surface area contributed by atoms with Gasteiger partial charge in [-0.2, -0.15) is 0 Å². The van der Waals surface area contributed by atoms with E-state index in [1.807, 2.05) is 42.6 Å². The van der Waals surface area contributed by atoms with E-state index >= 15 is 0 Å². The lowest BCUT2D eigenvalue weighted by molar-refractivity contribution is 0.103. The zero-order valence-electron chi connectivity index (χ0n) is 12.3. The highest BCUT2D eigenvalue weighted by molar-refractivity contribution is 7.14. The number of anilines is 1. The van der Waals surface area contributed by atoms with Crippen molar-refractivity contribution in [3.05, 3.63) is 51.7 Å². The zero-order valence-corrected chi connectivity index (χ0v) is 13.9. The van der Waals surface area contributed by atoms with Gasteiger partial charge in [-0.25, -0.2) is 0 Å². The van der Waals surface area contributed by atoms with Crippen LogP contribution in [0.5, 0.6) is 0 Å². The van der Waals surface area contributed by atoms with Gasteiger partial charge in [0.1, 0.15) is 10.6 Å². The van der Waals surface area contributed by atoms with Crippen molar-refractivity contribution in [3.8, 4) is 10.6 Å². The molecule has 3 rings (SSSR count). The number of aromatic nitrogens is 2. The molecular formula is C16H15N3OS2. The Morgan fingerprint density at radius 2 is 2.14 bits per heavy atom. The Balaban J connectivity index is 1.93. The second kappa shape index (κ2) is 6.37. The minimum Gasteiger partial charge on any atom is -0.321 e. The summed E-state index contributed by atoms with van der Waals surface area (Å²) in [6.07, 6.45) is 0.871. The fraction of sp³-hybridized carbons (Fsp3) is 0.188. The summed E-state index contributed by atoms with van der Waals surface area (Å²) in [6, 6.07) is 9.93. The van der Waals surface area contributed by atoms with Gasteiger partial charge in [0.05, 0.1) is 4.88 Å². The van der Waals surface area contributed by atoms with Gasteiger partial charge >= 0.3 is 0 Å². The first-order valence-corrected chi connectivity index (χ1v) is 8.62. The number of hydrogen-bond donors (Lipinski definition) is 1. The lowest BCUT2D eigenvalue weighted by Gasteiger charge is -2.12. The molecular weight excluding hydrogens is 314 g/mol. The highest BCUT2D eigenvalue weighted by Crippen LogP contribution is 2.29. The van der Waals surface area contributed by atoms with Crippen molar-refractivity contribution in [2.75, 3.05) is 5.32 Å². The van der Waals surface area contributed by atoms with E-state index in [1.165, 1.54) is 0 Å². The molecule has 3 aromatic rings. The van der Waals surface area contributed by atoms with E-state index in [9.17, 15) is 4.79 Å². The molecule has 0 saturated heterocycles. The van der Waals surface area contributed by atoms with Crippen molar-refractivity contribution >= 4 is 34.5 Å². The summed E-state index contributed by atoms with van der Waals surface area (Å²) in [5.41, 5.74) is 3.73. The number of rotatable bonds is 4. The molecule has 0 aliphatic heterocycles. The summed E-state index contributed by atoms with van der Waals surface area (Å²) in [5, 5.41) is 9.10. The third-order valence-corrected chi connectivity index (χ3v) is 5.03. The van der Waals surface area contributed by atoms with Crippen LogP contribution >= 0.6 is 22.9 Å². The predicted octanol–water partition coefficient (Wildman–Crippen LogP) is 4.39. The highest BCUT2D eigenvalue weighted by atomic mass is 32.1. The van der Waals surface area contributed by atoms with E-state index in [-0.39, 0.29) is 5.91 Å². The van der Waals surface area contributed by atoms with Gasteiger partial charge in [0, 0.05) is 5.69 Å². The van der Waals surface area contributed by atoms with Gasteiger partial charge in [-0.3, -0.25) is 4.79 Å². The quantitative estimate of drug-likeness (QED) is 0.772. The highest BCUT2D eigenvalue weighted by Gasteiger charge is 2.19. The molecule has 1 N–H and O–H groups in total. The molecule has 4 nitrogen and oxygen atoms in total. The fourth-order valence-corrected chi connectivity index (χ4v) is 3.64.